The van der Waals surface area contributed by atoms with Crippen molar-refractivity contribution in [3.8, 4) is 17.0 Å². The van der Waals surface area contributed by atoms with Crippen LogP contribution in [0, 0.1) is 6.92 Å². The molecular formula is C20H19N3OS. The van der Waals surface area contributed by atoms with E-state index in [0.717, 1.165) is 21.6 Å². The lowest BCUT2D eigenvalue weighted by Gasteiger charge is -2.06. The van der Waals surface area contributed by atoms with Crippen molar-refractivity contribution < 1.29 is 5.11 Å². The minimum absolute atomic E-state index is 0.235. The van der Waals surface area contributed by atoms with Crippen LogP contribution >= 0.6 is 11.3 Å². The van der Waals surface area contributed by atoms with Gasteiger partial charge in [0.2, 0.25) is 4.80 Å². The molecule has 0 amide bonds. The average molecular weight is 349 g/mol. The van der Waals surface area contributed by atoms with E-state index in [1.54, 1.807) is 41.8 Å². The fourth-order valence-corrected chi connectivity index (χ4v) is 3.25. The summed E-state index contributed by atoms with van der Waals surface area (Å²) in [4.78, 5) is 0.811. The summed E-state index contributed by atoms with van der Waals surface area (Å²) in [5.74, 6) is 0.235. The number of aromatic hydroxyl groups is 1. The molecule has 1 N–H and O–H groups in total. The number of allylic oxidation sites excluding steroid dienone is 1. The van der Waals surface area contributed by atoms with Crippen LogP contribution in [0.15, 0.2) is 76.8 Å². The highest BCUT2D eigenvalue weighted by Crippen LogP contribution is 2.20. The van der Waals surface area contributed by atoms with Crippen LogP contribution in [0.3, 0.4) is 0 Å². The molecule has 0 radical (unpaired) electrons. The van der Waals surface area contributed by atoms with Gasteiger partial charge in [0.05, 0.1) is 11.9 Å². The Hall–Kier alpha value is -2.92. The Morgan fingerprint density at radius 3 is 2.52 bits per heavy atom. The molecule has 0 unspecified atom stereocenters. The zero-order valence-corrected chi connectivity index (χ0v) is 14.8. The van der Waals surface area contributed by atoms with Gasteiger partial charge < -0.3 is 9.67 Å². The van der Waals surface area contributed by atoms with Crippen molar-refractivity contribution >= 4 is 17.6 Å². The second kappa shape index (κ2) is 7.77. The monoisotopic (exact) mass is 349 g/mol. The van der Waals surface area contributed by atoms with Gasteiger partial charge in [0.15, 0.2) is 0 Å². The summed E-state index contributed by atoms with van der Waals surface area (Å²) >= 11 is 1.55. The highest BCUT2D eigenvalue weighted by Gasteiger charge is 2.06. The van der Waals surface area contributed by atoms with Crippen LogP contribution in [0.5, 0.6) is 5.75 Å². The Labute approximate surface area is 150 Å². The van der Waals surface area contributed by atoms with Crippen LogP contribution in [0.1, 0.15) is 11.1 Å². The van der Waals surface area contributed by atoms with E-state index in [1.165, 1.54) is 5.56 Å². The molecule has 0 fully saturated rings. The minimum atomic E-state index is 0.235. The first-order valence-corrected chi connectivity index (χ1v) is 8.77. The number of hydrogen-bond donors (Lipinski definition) is 1. The predicted molar refractivity (Wildman–Crippen MR) is 104 cm³/mol. The van der Waals surface area contributed by atoms with E-state index >= 15 is 0 Å². The molecule has 126 valence electrons. The first-order valence-electron chi connectivity index (χ1n) is 7.90. The second-order valence-electron chi connectivity index (χ2n) is 5.60. The molecule has 5 heteroatoms. The van der Waals surface area contributed by atoms with Gasteiger partial charge in [-0.1, -0.05) is 35.9 Å². The van der Waals surface area contributed by atoms with E-state index in [1.807, 2.05) is 6.08 Å². The molecule has 1 aromatic heterocycles. The number of aryl methyl sites for hydroxylation is 1. The number of phenolic OH excluding ortho intramolecular Hbond substituents is 1. The van der Waals surface area contributed by atoms with Crippen molar-refractivity contribution in [1.29, 1.82) is 0 Å². The minimum Gasteiger partial charge on any atom is -0.508 e. The van der Waals surface area contributed by atoms with E-state index in [4.69, 9.17) is 0 Å². The summed E-state index contributed by atoms with van der Waals surface area (Å²) in [6.45, 7) is 6.59. The van der Waals surface area contributed by atoms with Crippen LogP contribution < -0.4 is 4.80 Å². The third-order valence-electron chi connectivity index (χ3n) is 3.70. The third-order valence-corrected chi connectivity index (χ3v) is 4.55. The maximum atomic E-state index is 9.30. The van der Waals surface area contributed by atoms with Gasteiger partial charge in [-0.25, -0.2) is 0 Å². The van der Waals surface area contributed by atoms with Crippen LogP contribution in [0.25, 0.3) is 11.3 Å². The molecule has 2 aromatic carbocycles. The number of hydrogen-bond acceptors (Lipinski definition) is 4. The largest absolute Gasteiger partial charge is 0.508 e. The van der Waals surface area contributed by atoms with E-state index in [-0.39, 0.29) is 5.75 Å². The average Bonchev–Trinajstić information content (AvgIpc) is 3.01. The van der Waals surface area contributed by atoms with Crippen LogP contribution in [-0.4, -0.2) is 15.9 Å². The maximum Gasteiger partial charge on any atom is 0.211 e. The van der Waals surface area contributed by atoms with Gasteiger partial charge in [0.25, 0.3) is 0 Å². The van der Waals surface area contributed by atoms with E-state index in [0.29, 0.717) is 6.54 Å². The standard InChI is InChI=1S/C20H19N3OS/c1-3-12-23-19(17-8-4-15(2)5-9-17)14-25-20(23)22-21-13-16-6-10-18(24)11-7-16/h3-11,13-14,24H,1,12H2,2H3/b21-13-,22-20-. The van der Waals surface area contributed by atoms with Gasteiger partial charge in [-0.15, -0.1) is 23.0 Å². The van der Waals surface area contributed by atoms with Crippen molar-refractivity contribution in [1.82, 2.24) is 4.57 Å². The third kappa shape index (κ3) is 4.14. The van der Waals surface area contributed by atoms with Gasteiger partial charge in [0.1, 0.15) is 5.75 Å². The number of benzene rings is 2. The van der Waals surface area contributed by atoms with E-state index < -0.39 is 0 Å². The molecule has 0 spiro atoms. The lowest BCUT2D eigenvalue weighted by atomic mass is 10.1. The van der Waals surface area contributed by atoms with Crippen LogP contribution in [0.2, 0.25) is 0 Å². The molecule has 0 aliphatic carbocycles. The Morgan fingerprint density at radius 1 is 1.12 bits per heavy atom. The number of rotatable bonds is 5. The predicted octanol–water partition coefficient (Wildman–Crippen LogP) is 4.35. The van der Waals surface area contributed by atoms with Gasteiger partial charge in [-0.2, -0.15) is 5.10 Å². The van der Waals surface area contributed by atoms with Gasteiger partial charge >= 0.3 is 0 Å². The first kappa shape index (κ1) is 16.9. The molecule has 0 saturated carbocycles. The quantitative estimate of drug-likeness (QED) is 0.415. The van der Waals surface area contributed by atoms with E-state index in [2.05, 4.69) is 57.9 Å². The molecule has 25 heavy (non-hydrogen) atoms. The van der Waals surface area contributed by atoms with Crippen molar-refractivity contribution in [2.75, 3.05) is 0 Å². The maximum absolute atomic E-state index is 9.30. The summed E-state index contributed by atoms with van der Waals surface area (Å²) in [5.41, 5.74) is 4.36. The number of phenols is 1. The topological polar surface area (TPSA) is 49.9 Å². The summed E-state index contributed by atoms with van der Waals surface area (Å²) in [6, 6.07) is 15.3. The fourth-order valence-electron chi connectivity index (χ4n) is 2.38. The van der Waals surface area contributed by atoms with Crippen LogP contribution in [-0.2, 0) is 6.54 Å². The SMILES string of the molecule is C=CCn1c(-c2ccc(C)cc2)cs/c1=N\N=C/c1ccc(O)cc1. The fraction of sp³-hybridized carbons (Fsp3) is 0.100. The second-order valence-corrected chi connectivity index (χ2v) is 6.44. The Morgan fingerprint density at radius 2 is 1.84 bits per heavy atom. The normalized spacial score (nSPS) is 12.0. The molecule has 0 aliphatic heterocycles. The molecule has 1 heterocycles. The van der Waals surface area contributed by atoms with Gasteiger partial charge in [-0.3, -0.25) is 0 Å². The zero-order valence-electron chi connectivity index (χ0n) is 14.0. The molecule has 0 saturated heterocycles. The summed E-state index contributed by atoms with van der Waals surface area (Å²) in [7, 11) is 0. The highest BCUT2D eigenvalue weighted by atomic mass is 32.1. The molecule has 3 aromatic rings. The summed E-state index contributed by atoms with van der Waals surface area (Å²) < 4.78 is 2.09. The van der Waals surface area contributed by atoms with Crippen molar-refractivity contribution in [2.45, 2.75) is 13.5 Å². The number of nitrogens with zero attached hydrogens (tertiary/aromatic N) is 3. The number of thiazole rings is 1. The lowest BCUT2D eigenvalue weighted by Crippen LogP contribution is -2.14. The van der Waals surface area contributed by atoms with Gasteiger partial charge in [0, 0.05) is 11.9 Å². The molecule has 0 atom stereocenters. The molecule has 0 aliphatic rings. The Balaban J connectivity index is 1.94. The Bertz CT molecular complexity index is 948. The summed E-state index contributed by atoms with van der Waals surface area (Å²) in [5, 5.41) is 19.9. The first-order chi connectivity index (χ1) is 12.2. The van der Waals surface area contributed by atoms with Crippen molar-refractivity contribution in [2.24, 2.45) is 10.2 Å². The lowest BCUT2D eigenvalue weighted by molar-refractivity contribution is 0.475. The summed E-state index contributed by atoms with van der Waals surface area (Å²) in [6.07, 6.45) is 3.52. The molecule has 0 bridgehead atoms. The number of aromatic nitrogens is 1. The van der Waals surface area contributed by atoms with Crippen molar-refractivity contribution in [3.05, 3.63) is 82.5 Å². The van der Waals surface area contributed by atoms with Crippen LogP contribution in [0.4, 0.5) is 0 Å². The van der Waals surface area contributed by atoms with Gasteiger partial charge in [-0.05, 0) is 42.3 Å². The Kier molecular flexibility index (Phi) is 5.26. The van der Waals surface area contributed by atoms with Crippen molar-refractivity contribution in [3.63, 3.8) is 0 Å². The molecule has 3 rings (SSSR count). The zero-order chi connectivity index (χ0) is 17.6. The smallest absolute Gasteiger partial charge is 0.211 e. The highest BCUT2D eigenvalue weighted by molar-refractivity contribution is 7.07. The molecule has 4 nitrogen and oxygen atoms in total. The van der Waals surface area contributed by atoms with E-state index in [9.17, 15) is 5.11 Å². The molecular weight excluding hydrogens is 330 g/mol.